The van der Waals surface area contributed by atoms with E-state index in [0.29, 0.717) is 10.1 Å². The molecule has 0 unspecified atom stereocenters. The third-order valence-electron chi connectivity index (χ3n) is 1.66. The van der Waals surface area contributed by atoms with E-state index in [1.54, 1.807) is 0 Å². The van der Waals surface area contributed by atoms with Crippen molar-refractivity contribution in [3.63, 3.8) is 0 Å². The molecule has 0 aromatic rings. The monoisotopic (exact) mass is 272 g/mol. The summed E-state index contributed by atoms with van der Waals surface area (Å²) in [7, 11) is 0. The van der Waals surface area contributed by atoms with Crippen molar-refractivity contribution in [2.75, 3.05) is 18.8 Å². The fourth-order valence-corrected chi connectivity index (χ4v) is 1.89. The van der Waals surface area contributed by atoms with E-state index in [-0.39, 0.29) is 0 Å². The maximum absolute atomic E-state index is 4.25. The standard InChI is InChI=1S/C6H13IN2S/c7-6-3-9-5(4-10)1-2-8-6/h5-6,8-10H,1-4H2/t5-,6+/m0/s1. The number of hydrogen-bond donors (Lipinski definition) is 3. The molecule has 4 heteroatoms. The molecule has 0 bridgehead atoms. The maximum atomic E-state index is 4.25. The molecule has 2 N–H and O–H groups in total. The van der Waals surface area contributed by atoms with Crippen LogP contribution in [0.5, 0.6) is 0 Å². The van der Waals surface area contributed by atoms with Gasteiger partial charge in [0.15, 0.2) is 0 Å². The zero-order chi connectivity index (χ0) is 7.40. The number of thiol groups is 1. The first kappa shape index (κ1) is 9.09. The molecule has 0 spiro atoms. The SMILES string of the molecule is SC[C@@H]1CCN[C@@H](I)CN1. The normalized spacial score (nSPS) is 35.4. The molecule has 0 amide bonds. The van der Waals surface area contributed by atoms with E-state index in [9.17, 15) is 0 Å². The van der Waals surface area contributed by atoms with Gasteiger partial charge in [0.2, 0.25) is 0 Å². The van der Waals surface area contributed by atoms with Gasteiger partial charge in [-0.1, -0.05) is 22.6 Å². The zero-order valence-electron chi connectivity index (χ0n) is 5.81. The van der Waals surface area contributed by atoms with Gasteiger partial charge in [0.1, 0.15) is 0 Å². The van der Waals surface area contributed by atoms with E-state index in [4.69, 9.17) is 0 Å². The fraction of sp³-hybridized carbons (Fsp3) is 1.00. The van der Waals surface area contributed by atoms with Gasteiger partial charge in [0, 0.05) is 18.3 Å². The molecule has 1 saturated heterocycles. The first-order valence-electron chi connectivity index (χ1n) is 3.54. The Bertz CT molecular complexity index is 102. The number of alkyl halides is 1. The van der Waals surface area contributed by atoms with Gasteiger partial charge in [-0.2, -0.15) is 12.6 Å². The quantitative estimate of drug-likeness (QED) is 0.282. The van der Waals surface area contributed by atoms with Gasteiger partial charge in [-0.05, 0) is 13.0 Å². The Morgan fingerprint density at radius 2 is 2.30 bits per heavy atom. The summed E-state index contributed by atoms with van der Waals surface area (Å²) in [6.07, 6.45) is 1.20. The Morgan fingerprint density at radius 1 is 1.50 bits per heavy atom. The Balaban J connectivity index is 2.26. The summed E-state index contributed by atoms with van der Waals surface area (Å²) in [6, 6.07) is 0.607. The van der Waals surface area contributed by atoms with Gasteiger partial charge in [0.05, 0.1) is 4.05 Å². The molecule has 2 nitrogen and oxygen atoms in total. The van der Waals surface area contributed by atoms with Crippen LogP contribution in [-0.2, 0) is 0 Å². The summed E-state index contributed by atoms with van der Waals surface area (Å²) >= 11 is 6.66. The molecule has 1 heterocycles. The van der Waals surface area contributed by atoms with Crippen LogP contribution in [0.25, 0.3) is 0 Å². The van der Waals surface area contributed by atoms with Crippen LogP contribution in [-0.4, -0.2) is 28.9 Å². The van der Waals surface area contributed by atoms with Gasteiger partial charge >= 0.3 is 0 Å². The van der Waals surface area contributed by atoms with Crippen LogP contribution in [0, 0.1) is 0 Å². The largest absolute Gasteiger partial charge is 0.311 e. The van der Waals surface area contributed by atoms with Crippen molar-refractivity contribution < 1.29 is 0 Å². The smallest absolute Gasteiger partial charge is 0.0720 e. The fourth-order valence-electron chi connectivity index (χ4n) is 1.01. The molecule has 1 rings (SSSR count). The Labute approximate surface area is 81.1 Å². The summed E-state index contributed by atoms with van der Waals surface area (Å²) in [5, 5.41) is 6.83. The lowest BCUT2D eigenvalue weighted by Gasteiger charge is -2.11. The number of hydrogen-bond acceptors (Lipinski definition) is 3. The molecule has 1 fully saturated rings. The highest BCUT2D eigenvalue weighted by atomic mass is 127. The molecule has 0 aromatic heterocycles. The van der Waals surface area contributed by atoms with Gasteiger partial charge in [-0.15, -0.1) is 0 Å². The highest BCUT2D eigenvalue weighted by Crippen LogP contribution is 2.02. The summed E-state index contributed by atoms with van der Waals surface area (Å²) < 4.78 is 0.586. The van der Waals surface area contributed by atoms with Crippen LogP contribution in [0.2, 0.25) is 0 Å². The molecular formula is C6H13IN2S. The van der Waals surface area contributed by atoms with E-state index in [1.165, 1.54) is 6.42 Å². The molecule has 0 saturated carbocycles. The van der Waals surface area contributed by atoms with Gasteiger partial charge in [0.25, 0.3) is 0 Å². The van der Waals surface area contributed by atoms with Crippen LogP contribution in [0.1, 0.15) is 6.42 Å². The molecule has 2 atom stereocenters. The van der Waals surface area contributed by atoms with E-state index in [0.717, 1.165) is 18.8 Å². The topological polar surface area (TPSA) is 24.1 Å². The minimum absolute atomic E-state index is 0.586. The second-order valence-electron chi connectivity index (χ2n) is 2.50. The average Bonchev–Trinajstić information content (AvgIpc) is 2.14. The molecule has 0 aliphatic carbocycles. The minimum atomic E-state index is 0.586. The second kappa shape index (κ2) is 4.79. The molecule has 0 aromatic carbocycles. The Hall–Kier alpha value is 1.00. The van der Waals surface area contributed by atoms with Crippen molar-refractivity contribution in [1.29, 1.82) is 0 Å². The van der Waals surface area contributed by atoms with E-state index in [1.807, 2.05) is 0 Å². The summed E-state index contributed by atoms with van der Waals surface area (Å²) in [5.41, 5.74) is 0. The molecule has 0 radical (unpaired) electrons. The average molecular weight is 272 g/mol. The highest BCUT2D eigenvalue weighted by molar-refractivity contribution is 14.1. The molecule has 10 heavy (non-hydrogen) atoms. The summed E-state index contributed by atoms with van der Waals surface area (Å²) in [6.45, 7) is 2.18. The van der Waals surface area contributed by atoms with Crippen LogP contribution < -0.4 is 10.6 Å². The molecular weight excluding hydrogens is 259 g/mol. The van der Waals surface area contributed by atoms with Crippen LogP contribution in [0.15, 0.2) is 0 Å². The van der Waals surface area contributed by atoms with Crippen molar-refractivity contribution in [3.05, 3.63) is 0 Å². The van der Waals surface area contributed by atoms with Gasteiger partial charge in [-0.3, -0.25) is 0 Å². The third-order valence-corrected chi connectivity index (χ3v) is 2.99. The van der Waals surface area contributed by atoms with E-state index >= 15 is 0 Å². The highest BCUT2D eigenvalue weighted by Gasteiger charge is 2.13. The molecule has 60 valence electrons. The Morgan fingerprint density at radius 3 is 3.00 bits per heavy atom. The lowest BCUT2D eigenvalue weighted by atomic mass is 10.2. The van der Waals surface area contributed by atoms with Gasteiger partial charge < -0.3 is 10.6 Å². The molecule has 1 aliphatic heterocycles. The lowest BCUT2D eigenvalue weighted by Crippen LogP contribution is -2.33. The van der Waals surface area contributed by atoms with Crippen molar-refractivity contribution in [3.8, 4) is 0 Å². The predicted octanol–water partition coefficient (Wildman–Crippen LogP) is 0.629. The summed E-state index contributed by atoms with van der Waals surface area (Å²) in [5.74, 6) is 0.949. The van der Waals surface area contributed by atoms with Gasteiger partial charge in [-0.25, -0.2) is 0 Å². The first-order chi connectivity index (χ1) is 4.83. The van der Waals surface area contributed by atoms with Crippen molar-refractivity contribution in [1.82, 2.24) is 10.6 Å². The second-order valence-corrected chi connectivity index (χ2v) is 4.37. The van der Waals surface area contributed by atoms with Crippen LogP contribution in [0.4, 0.5) is 0 Å². The van der Waals surface area contributed by atoms with Crippen LogP contribution in [0.3, 0.4) is 0 Å². The van der Waals surface area contributed by atoms with E-state index in [2.05, 4.69) is 45.9 Å². The number of halogens is 1. The summed E-state index contributed by atoms with van der Waals surface area (Å²) in [4.78, 5) is 0. The maximum Gasteiger partial charge on any atom is 0.0720 e. The number of rotatable bonds is 1. The van der Waals surface area contributed by atoms with Crippen LogP contribution >= 0.6 is 35.2 Å². The number of nitrogens with one attached hydrogen (secondary N) is 2. The lowest BCUT2D eigenvalue weighted by molar-refractivity contribution is 0.573. The third kappa shape index (κ3) is 2.94. The van der Waals surface area contributed by atoms with Crippen molar-refractivity contribution in [2.45, 2.75) is 16.5 Å². The molecule has 1 aliphatic rings. The van der Waals surface area contributed by atoms with E-state index < -0.39 is 0 Å². The zero-order valence-corrected chi connectivity index (χ0v) is 8.86. The minimum Gasteiger partial charge on any atom is -0.311 e. The van der Waals surface area contributed by atoms with Crippen molar-refractivity contribution in [2.24, 2.45) is 0 Å². The predicted molar refractivity (Wildman–Crippen MR) is 56.1 cm³/mol. The van der Waals surface area contributed by atoms with Crippen molar-refractivity contribution >= 4 is 35.2 Å². The first-order valence-corrected chi connectivity index (χ1v) is 5.42. The Kier molecular flexibility index (Phi) is 4.36.